The number of para-hydroxylation sites is 1. The second-order valence-electron chi connectivity index (χ2n) is 4.36. The number of carbonyl (C=O) groups is 2. The third kappa shape index (κ3) is 2.61. The molecule has 0 fully saturated rings. The average molecular weight is 262 g/mol. The standard InChI is InChI=1S/C14H18N2O3/c1-3-19-9-13(17)16-11-7-5-4-6-10(11)8-12(16)14(18)15-2/h4-7,12H,3,8-9H2,1-2H3,(H,15,18)/t12-/m0/s1. The van der Waals surface area contributed by atoms with Gasteiger partial charge in [0.25, 0.3) is 5.91 Å². The van der Waals surface area contributed by atoms with Gasteiger partial charge in [0, 0.05) is 25.8 Å². The van der Waals surface area contributed by atoms with E-state index in [2.05, 4.69) is 5.32 Å². The number of fused-ring (bicyclic) bond motifs is 1. The topological polar surface area (TPSA) is 58.6 Å². The zero-order valence-electron chi connectivity index (χ0n) is 11.2. The van der Waals surface area contributed by atoms with E-state index in [0.29, 0.717) is 13.0 Å². The van der Waals surface area contributed by atoms with E-state index in [4.69, 9.17) is 4.74 Å². The third-order valence-corrected chi connectivity index (χ3v) is 3.22. The molecule has 0 unspecified atom stereocenters. The Morgan fingerprint density at radius 3 is 2.84 bits per heavy atom. The summed E-state index contributed by atoms with van der Waals surface area (Å²) in [7, 11) is 1.58. The van der Waals surface area contributed by atoms with Crippen LogP contribution in [-0.4, -0.2) is 38.1 Å². The van der Waals surface area contributed by atoms with Crippen molar-refractivity contribution >= 4 is 17.5 Å². The number of ether oxygens (including phenoxy) is 1. The van der Waals surface area contributed by atoms with Crippen LogP contribution in [0.25, 0.3) is 0 Å². The molecule has 0 aromatic heterocycles. The summed E-state index contributed by atoms with van der Waals surface area (Å²) in [5.74, 6) is -0.332. The molecule has 1 heterocycles. The predicted molar refractivity (Wildman–Crippen MR) is 72.0 cm³/mol. The lowest BCUT2D eigenvalue weighted by molar-refractivity contribution is -0.128. The first-order valence-corrected chi connectivity index (χ1v) is 6.38. The van der Waals surface area contributed by atoms with Crippen LogP contribution in [0.1, 0.15) is 12.5 Å². The number of amides is 2. The van der Waals surface area contributed by atoms with Gasteiger partial charge in [-0.05, 0) is 18.6 Å². The third-order valence-electron chi connectivity index (χ3n) is 3.22. The largest absolute Gasteiger partial charge is 0.372 e. The maximum absolute atomic E-state index is 12.2. The first kappa shape index (κ1) is 13.5. The molecular weight excluding hydrogens is 244 g/mol. The summed E-state index contributed by atoms with van der Waals surface area (Å²) >= 11 is 0. The highest BCUT2D eigenvalue weighted by molar-refractivity contribution is 6.03. The number of hydrogen-bond donors (Lipinski definition) is 1. The molecule has 2 rings (SSSR count). The monoisotopic (exact) mass is 262 g/mol. The summed E-state index contributed by atoms with van der Waals surface area (Å²) in [6.07, 6.45) is 0.549. The second-order valence-corrected chi connectivity index (χ2v) is 4.36. The van der Waals surface area contributed by atoms with Crippen LogP contribution in [0.2, 0.25) is 0 Å². The Balaban J connectivity index is 2.28. The van der Waals surface area contributed by atoms with Gasteiger partial charge in [0.05, 0.1) is 0 Å². The van der Waals surface area contributed by atoms with E-state index in [0.717, 1.165) is 11.3 Å². The number of nitrogens with zero attached hydrogens (tertiary/aromatic N) is 1. The summed E-state index contributed by atoms with van der Waals surface area (Å²) in [6, 6.07) is 7.11. The SMILES string of the molecule is CCOCC(=O)N1c2ccccc2C[C@H]1C(=O)NC. The maximum Gasteiger partial charge on any atom is 0.253 e. The van der Waals surface area contributed by atoms with Crippen molar-refractivity contribution in [2.24, 2.45) is 0 Å². The van der Waals surface area contributed by atoms with Crippen LogP contribution in [0.15, 0.2) is 24.3 Å². The molecule has 1 aliphatic rings. The van der Waals surface area contributed by atoms with Crippen molar-refractivity contribution in [1.82, 2.24) is 5.32 Å². The van der Waals surface area contributed by atoms with Crippen molar-refractivity contribution in [3.63, 3.8) is 0 Å². The minimum Gasteiger partial charge on any atom is -0.372 e. The Morgan fingerprint density at radius 1 is 1.42 bits per heavy atom. The Labute approximate surface area is 112 Å². The highest BCUT2D eigenvalue weighted by atomic mass is 16.5. The summed E-state index contributed by atoms with van der Waals surface area (Å²) in [6.45, 7) is 2.31. The maximum atomic E-state index is 12.2. The van der Waals surface area contributed by atoms with Crippen LogP contribution in [0.5, 0.6) is 0 Å². The molecule has 1 aromatic rings. The zero-order valence-corrected chi connectivity index (χ0v) is 11.2. The lowest BCUT2D eigenvalue weighted by Crippen LogP contribution is -2.48. The lowest BCUT2D eigenvalue weighted by atomic mass is 10.1. The van der Waals surface area contributed by atoms with Gasteiger partial charge in [-0.25, -0.2) is 0 Å². The van der Waals surface area contributed by atoms with Gasteiger partial charge in [-0.3, -0.25) is 14.5 Å². The molecule has 1 atom stereocenters. The van der Waals surface area contributed by atoms with Crippen molar-refractivity contribution in [3.8, 4) is 0 Å². The van der Waals surface area contributed by atoms with Gasteiger partial charge in [-0.15, -0.1) is 0 Å². The molecule has 0 bridgehead atoms. The minimum absolute atomic E-state index is 0.00166. The van der Waals surface area contributed by atoms with Crippen LogP contribution in [0.3, 0.4) is 0 Å². The molecule has 0 saturated heterocycles. The number of carbonyl (C=O) groups excluding carboxylic acids is 2. The number of likely N-dealkylation sites (N-methyl/N-ethyl adjacent to an activating group) is 1. The van der Waals surface area contributed by atoms with Crippen LogP contribution < -0.4 is 10.2 Å². The molecular formula is C14H18N2O3. The second kappa shape index (κ2) is 5.84. The molecule has 102 valence electrons. The van der Waals surface area contributed by atoms with E-state index in [9.17, 15) is 9.59 Å². The highest BCUT2D eigenvalue weighted by Crippen LogP contribution is 2.32. The van der Waals surface area contributed by atoms with E-state index in [1.54, 1.807) is 11.9 Å². The van der Waals surface area contributed by atoms with E-state index >= 15 is 0 Å². The fourth-order valence-corrected chi connectivity index (χ4v) is 2.33. The summed E-state index contributed by atoms with van der Waals surface area (Å²) in [5, 5.41) is 2.61. The van der Waals surface area contributed by atoms with Crippen molar-refractivity contribution in [2.75, 3.05) is 25.2 Å². The van der Waals surface area contributed by atoms with Crippen molar-refractivity contribution in [1.29, 1.82) is 0 Å². The smallest absolute Gasteiger partial charge is 0.253 e. The number of hydrogen-bond acceptors (Lipinski definition) is 3. The lowest BCUT2D eigenvalue weighted by Gasteiger charge is -2.24. The Kier molecular flexibility index (Phi) is 4.16. The molecule has 5 heteroatoms. The Bertz CT molecular complexity index is 487. The van der Waals surface area contributed by atoms with Gasteiger partial charge in [0.1, 0.15) is 12.6 Å². The van der Waals surface area contributed by atoms with E-state index in [-0.39, 0.29) is 18.4 Å². The van der Waals surface area contributed by atoms with E-state index < -0.39 is 6.04 Å². The van der Waals surface area contributed by atoms with Gasteiger partial charge < -0.3 is 10.1 Å². The fourth-order valence-electron chi connectivity index (χ4n) is 2.33. The molecule has 1 aliphatic heterocycles. The summed E-state index contributed by atoms with van der Waals surface area (Å²) < 4.78 is 5.16. The number of anilines is 1. The molecule has 0 spiro atoms. The van der Waals surface area contributed by atoms with Gasteiger partial charge >= 0.3 is 0 Å². The molecule has 19 heavy (non-hydrogen) atoms. The van der Waals surface area contributed by atoms with Crippen LogP contribution in [-0.2, 0) is 20.7 Å². The van der Waals surface area contributed by atoms with Gasteiger partial charge in [-0.1, -0.05) is 18.2 Å². The average Bonchev–Trinajstić information content (AvgIpc) is 2.83. The molecule has 1 N–H and O–H groups in total. The van der Waals surface area contributed by atoms with Crippen molar-refractivity contribution < 1.29 is 14.3 Å². The predicted octanol–water partition coefficient (Wildman–Crippen LogP) is 0.727. The molecule has 0 radical (unpaired) electrons. The van der Waals surface area contributed by atoms with Crippen molar-refractivity contribution in [3.05, 3.63) is 29.8 Å². The zero-order chi connectivity index (χ0) is 13.8. The van der Waals surface area contributed by atoms with Gasteiger partial charge in [0.15, 0.2) is 0 Å². The van der Waals surface area contributed by atoms with Crippen LogP contribution in [0.4, 0.5) is 5.69 Å². The molecule has 0 saturated carbocycles. The van der Waals surface area contributed by atoms with E-state index in [1.165, 1.54) is 0 Å². The number of rotatable bonds is 4. The van der Waals surface area contributed by atoms with Gasteiger partial charge in [-0.2, -0.15) is 0 Å². The molecule has 1 aromatic carbocycles. The number of nitrogens with one attached hydrogen (secondary N) is 1. The number of benzene rings is 1. The van der Waals surface area contributed by atoms with Gasteiger partial charge in [0.2, 0.25) is 5.91 Å². The first-order valence-electron chi connectivity index (χ1n) is 6.38. The minimum atomic E-state index is -0.477. The fraction of sp³-hybridized carbons (Fsp3) is 0.429. The normalized spacial score (nSPS) is 17.2. The summed E-state index contributed by atoms with van der Waals surface area (Å²) in [5.41, 5.74) is 1.82. The van der Waals surface area contributed by atoms with Crippen LogP contribution >= 0.6 is 0 Å². The van der Waals surface area contributed by atoms with Crippen LogP contribution in [0, 0.1) is 0 Å². The Morgan fingerprint density at radius 2 is 2.16 bits per heavy atom. The molecule has 5 nitrogen and oxygen atoms in total. The first-order chi connectivity index (χ1) is 9.19. The highest BCUT2D eigenvalue weighted by Gasteiger charge is 2.37. The quantitative estimate of drug-likeness (QED) is 0.870. The van der Waals surface area contributed by atoms with Crippen molar-refractivity contribution in [2.45, 2.75) is 19.4 Å². The molecule has 2 amide bonds. The Hall–Kier alpha value is -1.88. The van der Waals surface area contributed by atoms with E-state index in [1.807, 2.05) is 31.2 Å². The molecule has 0 aliphatic carbocycles. The summed E-state index contributed by atoms with van der Waals surface area (Å²) in [4.78, 5) is 25.7.